The number of fused-ring (bicyclic) bond motifs is 6. The van der Waals surface area contributed by atoms with Crippen LogP contribution in [0.4, 0.5) is 93.1 Å². The second-order valence-electron chi connectivity index (χ2n) is 41.0. The zero-order valence-electron chi connectivity index (χ0n) is 85.7. The van der Waals surface area contributed by atoms with Gasteiger partial charge in [0.2, 0.25) is 23.8 Å². The Morgan fingerprint density at radius 3 is 0.861 bits per heavy atom. The first-order valence-corrected chi connectivity index (χ1v) is 51.1. The quantitative estimate of drug-likeness (QED) is 0.0394. The molecule has 4 saturated heterocycles. The Labute approximate surface area is 842 Å². The first-order chi connectivity index (χ1) is 69.5. The maximum Gasteiger partial charge on any atom is 0.229 e. The average Bonchev–Trinajstić information content (AvgIpc) is 1.55. The highest BCUT2D eigenvalue weighted by atomic mass is 19.1. The molecule has 0 unspecified atom stereocenters. The van der Waals surface area contributed by atoms with Crippen LogP contribution in [0.1, 0.15) is 182 Å². The summed E-state index contributed by atoms with van der Waals surface area (Å²) in [5, 5.41) is 15.9. The lowest BCUT2D eigenvalue weighted by atomic mass is 9.62. The Balaban J connectivity index is 0.000000122. The molecule has 4 aromatic carbocycles. The number of hydrogen-bond donors (Lipinski definition) is 5. The third kappa shape index (κ3) is 21.1. The number of hydrogen-bond acceptors (Lipinski definition) is 28. The molecule has 8 aliphatic heterocycles. The molecule has 5 N–H and O–H groups in total. The van der Waals surface area contributed by atoms with Crippen molar-refractivity contribution in [2.75, 3.05) is 151 Å². The van der Waals surface area contributed by atoms with Crippen molar-refractivity contribution in [1.82, 2.24) is 94.5 Å². The molecular formula is C112H132F4N28. The molecule has 2 spiro atoms. The number of pyridine rings is 4. The van der Waals surface area contributed by atoms with Crippen molar-refractivity contribution in [3.8, 4) is 45.0 Å². The van der Waals surface area contributed by atoms with E-state index in [0.29, 0.717) is 64.0 Å². The number of piperazine rings is 4. The maximum absolute atomic E-state index is 15.0. The molecule has 28 nitrogen and oxygen atoms in total. The summed E-state index contributed by atoms with van der Waals surface area (Å²) in [7, 11) is 0. The molecule has 6 fully saturated rings. The summed E-state index contributed by atoms with van der Waals surface area (Å²) in [5.74, 6) is 2.01. The first-order valence-electron chi connectivity index (χ1n) is 51.1. The van der Waals surface area contributed by atoms with E-state index in [2.05, 4.69) is 220 Å². The minimum atomic E-state index is -0.463. The van der Waals surface area contributed by atoms with Gasteiger partial charge in [0.05, 0.1) is 59.4 Å². The van der Waals surface area contributed by atoms with Crippen LogP contribution in [0.3, 0.4) is 0 Å². The number of nitrogens with one attached hydrogen (secondary N) is 5. The van der Waals surface area contributed by atoms with Gasteiger partial charge < -0.3 is 46.2 Å². The summed E-state index contributed by atoms with van der Waals surface area (Å²) in [6.45, 7) is 54.7. The number of likely N-dealkylation sites (N-methyl/N-ethyl adjacent to an activating group) is 3. The monoisotopic (exact) mass is 1950 g/mol. The predicted octanol–water partition coefficient (Wildman–Crippen LogP) is 21.0. The highest BCUT2D eigenvalue weighted by Gasteiger charge is 2.48. The summed E-state index contributed by atoms with van der Waals surface area (Å²) in [6, 6.07) is 32.0. The third-order valence-electron chi connectivity index (χ3n) is 31.2. The van der Waals surface area contributed by atoms with Gasteiger partial charge in [-0.3, -0.25) is 34.7 Å². The van der Waals surface area contributed by atoms with Crippen LogP contribution in [0.25, 0.3) is 45.0 Å². The van der Waals surface area contributed by atoms with Crippen molar-refractivity contribution in [2.45, 2.75) is 190 Å². The molecular weight excluding hydrogens is 1810 g/mol. The van der Waals surface area contributed by atoms with E-state index in [4.69, 9.17) is 20.0 Å². The molecule has 144 heavy (non-hydrogen) atoms. The largest absolute Gasteiger partial charge is 0.368 e. The van der Waals surface area contributed by atoms with E-state index in [0.717, 1.165) is 260 Å². The summed E-state index contributed by atoms with van der Waals surface area (Å²) in [4.78, 5) is 89.4. The van der Waals surface area contributed by atoms with Crippen molar-refractivity contribution in [3.05, 3.63) is 231 Å². The Morgan fingerprint density at radius 2 is 0.583 bits per heavy atom. The lowest BCUT2D eigenvalue weighted by Crippen LogP contribution is -2.45. The normalized spacial score (nSPS) is 18.2. The molecule has 32 heteroatoms. The van der Waals surface area contributed by atoms with E-state index < -0.39 is 23.3 Å². The average molecular weight is 1950 g/mol. The molecule has 0 amide bonds. The van der Waals surface area contributed by atoms with Crippen LogP contribution in [0.15, 0.2) is 167 Å². The van der Waals surface area contributed by atoms with Crippen molar-refractivity contribution < 1.29 is 17.6 Å². The van der Waals surface area contributed by atoms with Crippen LogP contribution in [-0.2, 0) is 41.3 Å². The molecule has 10 aliphatic rings. The number of halogens is 4. The number of benzene rings is 4. The summed E-state index contributed by atoms with van der Waals surface area (Å²) >= 11 is 0. The van der Waals surface area contributed by atoms with Crippen molar-refractivity contribution in [2.24, 2.45) is 20.0 Å². The van der Waals surface area contributed by atoms with Crippen molar-refractivity contribution >= 4 is 98.3 Å². The second-order valence-corrected chi connectivity index (χ2v) is 41.0. The highest BCUT2D eigenvalue weighted by molar-refractivity contribution is 6.04. The fourth-order valence-electron chi connectivity index (χ4n) is 21.5. The highest BCUT2D eigenvalue weighted by Crippen LogP contribution is 2.56. The van der Waals surface area contributed by atoms with Gasteiger partial charge in [-0.25, -0.2) is 77.4 Å². The molecule has 16 heterocycles. The Kier molecular flexibility index (Phi) is 29.3. The number of nitrogens with zero attached hydrogens (tertiary/aromatic N) is 23. The van der Waals surface area contributed by atoms with Crippen LogP contribution >= 0.6 is 0 Å². The molecule has 0 atom stereocenters. The molecule has 748 valence electrons. The molecule has 8 aromatic heterocycles. The molecule has 2 aliphatic carbocycles. The number of aryl methyl sites for hydroxylation is 4. The van der Waals surface area contributed by atoms with Gasteiger partial charge in [-0.2, -0.15) is 0 Å². The van der Waals surface area contributed by atoms with E-state index >= 15 is 4.39 Å². The fourth-order valence-corrected chi connectivity index (χ4v) is 21.5. The molecule has 0 radical (unpaired) electrons. The summed E-state index contributed by atoms with van der Waals surface area (Å²) < 4.78 is 59.7. The van der Waals surface area contributed by atoms with Crippen LogP contribution in [0.5, 0.6) is 0 Å². The van der Waals surface area contributed by atoms with Crippen LogP contribution in [0, 0.1) is 51.0 Å². The molecule has 2 saturated carbocycles. The van der Waals surface area contributed by atoms with Crippen molar-refractivity contribution in [1.29, 1.82) is 0 Å². The standard InChI is InChI=1S/C30H36FN7.C29H34FN7.C28H34FN7.C25H28FN7/c1-4-37-11-13-38(14-12-37)19-22-7-8-26(32-17-22)35-29-33-18-25(31)28(36-29)23-15-20(2)27-24(16-23)30(21(3)34-27)9-5-6-10-30;1-4-36-10-12-37(13-11-36)18-21-6-7-25(31-16-21)34-28-32-17-24(30)27(35-28)22-14-19(2)26-23(15-22)29(8-5-9-29)20(3)33-26;1-6-35-9-11-36(12-10-35)17-20-7-8-24(30-15-20)33-27-31-16-23(29)26(34-27)21-13-18(2)25-22(14-21)28(4,5)19(3)32-25;1-15-11-17(12-19-22(15)30-16(2)25(19,3)4)23-20(26)14-29-24(32-23)31-21-6-5-18(13-28-21)33-9-7-27-8-10-33/h7-8,15-18H,4-6,9-14,19H2,1-3H3,(H,32,33,35,36);6-7,14-17H,4-5,8-13,18H2,1-3H3,(H,31,32,34,35);7-8,13-16H,6,9-12,17H2,1-5H3,(H,30,31,33,34);5-6,11-14,27H,7-10H2,1-4H3,(H,28,29,31,32). The van der Waals surface area contributed by atoms with E-state index in [1.807, 2.05) is 126 Å². The Hall–Kier alpha value is -13.1. The van der Waals surface area contributed by atoms with E-state index in [1.54, 1.807) is 0 Å². The zero-order valence-corrected chi connectivity index (χ0v) is 85.7. The van der Waals surface area contributed by atoms with Crippen LogP contribution in [-0.4, -0.2) is 236 Å². The van der Waals surface area contributed by atoms with Gasteiger partial charge in [0.25, 0.3) is 0 Å². The van der Waals surface area contributed by atoms with Gasteiger partial charge in [0.1, 0.15) is 46.0 Å². The lowest BCUT2D eigenvalue weighted by molar-refractivity contribution is 0.132. The molecule has 22 rings (SSSR count). The van der Waals surface area contributed by atoms with E-state index in [9.17, 15) is 13.2 Å². The number of rotatable bonds is 22. The van der Waals surface area contributed by atoms with Gasteiger partial charge in [-0.05, 0) is 241 Å². The van der Waals surface area contributed by atoms with E-state index in [-0.39, 0.29) is 33.0 Å². The lowest BCUT2D eigenvalue weighted by Gasteiger charge is -2.39. The number of aromatic nitrogens is 12. The van der Waals surface area contributed by atoms with Gasteiger partial charge in [-0.1, -0.05) is 85.9 Å². The van der Waals surface area contributed by atoms with Crippen LogP contribution < -0.4 is 31.5 Å². The molecule has 12 aromatic rings. The van der Waals surface area contributed by atoms with Gasteiger partial charge in [-0.15, -0.1) is 0 Å². The van der Waals surface area contributed by atoms with Crippen LogP contribution in [0.2, 0.25) is 0 Å². The minimum Gasteiger partial charge on any atom is -0.368 e. The summed E-state index contributed by atoms with van der Waals surface area (Å²) in [6.07, 6.45) is 20.4. The Morgan fingerprint density at radius 1 is 0.306 bits per heavy atom. The number of aliphatic imine (C=N–C) groups is 4. The zero-order chi connectivity index (χ0) is 100. The maximum atomic E-state index is 15.0. The van der Waals surface area contributed by atoms with E-state index in [1.165, 1.54) is 83.3 Å². The Bertz CT molecular complexity index is 6840. The first kappa shape index (κ1) is 99.6. The summed E-state index contributed by atoms with van der Waals surface area (Å²) in [5.41, 5.74) is 25.6. The number of anilines is 9. The smallest absolute Gasteiger partial charge is 0.229 e. The SMILES string of the molecule is CC1=Nc2c(C)cc(-c3nc(Nc4ccc(N5CCNCC5)cn4)ncc3F)cc2C1(C)C.CCN1CCN(Cc2ccc(Nc3ncc(F)c(-c4cc(C)c5c(c4)C(C)(C)C(C)=N5)n3)nc2)CC1.CCN1CCN(Cc2ccc(Nc3ncc(F)c(-c4cc(C)c5c(c4)C4(CCC4)C(C)=N5)n3)nc2)CC1.CCN1CCN(Cc2ccc(Nc3ncc(F)c(-c4cc(C)c5c(c4)C4(CCCC4)C(C)=N5)n3)nc2)CC1. The second kappa shape index (κ2) is 42.3. The van der Waals surface area contributed by atoms with Gasteiger partial charge in [0, 0.05) is 210 Å². The van der Waals surface area contributed by atoms with Gasteiger partial charge >= 0.3 is 0 Å². The third-order valence-corrected chi connectivity index (χ3v) is 31.2. The fraction of sp³-hybridized carbons (Fsp3) is 0.429. The van der Waals surface area contributed by atoms with Crippen molar-refractivity contribution in [3.63, 3.8) is 0 Å². The molecule has 0 bridgehead atoms. The topological polar surface area (TPSA) is 287 Å². The minimum absolute atomic E-state index is 0.00403. The van der Waals surface area contributed by atoms with Gasteiger partial charge in [0.15, 0.2) is 23.3 Å². The predicted molar refractivity (Wildman–Crippen MR) is 569 cm³/mol.